The van der Waals surface area contributed by atoms with Gasteiger partial charge in [0.15, 0.2) is 0 Å². The van der Waals surface area contributed by atoms with Gasteiger partial charge in [0.2, 0.25) is 0 Å². The van der Waals surface area contributed by atoms with Gasteiger partial charge < -0.3 is 19.7 Å². The van der Waals surface area contributed by atoms with Crippen molar-refractivity contribution in [2.24, 2.45) is 0 Å². The quantitative estimate of drug-likeness (QED) is 0.812. The zero-order chi connectivity index (χ0) is 17.4. The number of methoxy groups -OCH3 is 1. The smallest absolute Gasteiger partial charge is 0.415 e. The largest absolute Gasteiger partial charge is 0.497 e. The first-order valence-electron chi connectivity index (χ1n) is 7.56. The second-order valence-electron chi connectivity index (χ2n) is 5.18. The maximum absolute atomic E-state index is 12.5. The van der Waals surface area contributed by atoms with E-state index >= 15 is 0 Å². The van der Waals surface area contributed by atoms with Gasteiger partial charge in [0.25, 0.3) is 0 Å². The molecular weight excluding hydrogens is 310 g/mol. The summed E-state index contributed by atoms with van der Waals surface area (Å²) >= 11 is 0. The van der Waals surface area contributed by atoms with Gasteiger partial charge in [-0.25, -0.2) is 4.79 Å². The molecule has 2 aromatic carbocycles. The normalized spacial score (nSPS) is 10.5. The van der Waals surface area contributed by atoms with Crippen molar-refractivity contribution < 1.29 is 24.5 Å². The van der Waals surface area contributed by atoms with E-state index in [0.717, 1.165) is 5.56 Å². The Morgan fingerprint density at radius 2 is 1.58 bits per heavy atom. The molecule has 0 aliphatic rings. The monoisotopic (exact) mass is 331 g/mol. The van der Waals surface area contributed by atoms with Gasteiger partial charge in [0.05, 0.1) is 26.4 Å². The van der Waals surface area contributed by atoms with Gasteiger partial charge >= 0.3 is 6.09 Å². The molecule has 6 nitrogen and oxygen atoms in total. The van der Waals surface area contributed by atoms with Gasteiger partial charge in [-0.3, -0.25) is 4.90 Å². The topological polar surface area (TPSA) is 79.2 Å². The molecule has 0 bridgehead atoms. The maximum atomic E-state index is 12.5. The van der Waals surface area contributed by atoms with Crippen molar-refractivity contribution in [3.8, 4) is 11.5 Å². The van der Waals surface area contributed by atoms with Gasteiger partial charge in [0, 0.05) is 6.54 Å². The van der Waals surface area contributed by atoms with Gasteiger partial charge in [-0.15, -0.1) is 0 Å². The molecule has 0 aromatic heterocycles. The first-order chi connectivity index (χ1) is 11.7. The van der Waals surface area contributed by atoms with Crippen LogP contribution in [0.25, 0.3) is 0 Å². The first-order valence-corrected chi connectivity index (χ1v) is 7.56. The molecule has 0 saturated carbocycles. The van der Waals surface area contributed by atoms with Crippen molar-refractivity contribution in [3.05, 3.63) is 60.2 Å². The van der Waals surface area contributed by atoms with Crippen LogP contribution in [0, 0.1) is 0 Å². The summed E-state index contributed by atoms with van der Waals surface area (Å²) in [6, 6.07) is 15.2. The third-order valence-electron chi connectivity index (χ3n) is 3.56. The molecule has 0 saturated heterocycles. The highest BCUT2D eigenvalue weighted by atomic mass is 16.6. The molecule has 0 spiro atoms. The van der Waals surface area contributed by atoms with E-state index in [4.69, 9.17) is 9.47 Å². The van der Waals surface area contributed by atoms with Gasteiger partial charge in [-0.05, 0) is 29.8 Å². The average molecular weight is 331 g/mol. The number of aliphatic hydroxyl groups is 2. The number of aliphatic hydroxyl groups excluding tert-OH is 2. The molecule has 2 rings (SSSR count). The van der Waals surface area contributed by atoms with Crippen molar-refractivity contribution in [1.29, 1.82) is 0 Å². The molecule has 0 heterocycles. The Kier molecular flexibility index (Phi) is 6.60. The van der Waals surface area contributed by atoms with Crippen molar-refractivity contribution >= 4 is 6.09 Å². The van der Waals surface area contributed by atoms with Crippen LogP contribution >= 0.6 is 0 Å². The summed E-state index contributed by atoms with van der Waals surface area (Å²) in [7, 11) is 1.55. The molecule has 6 heteroatoms. The highest BCUT2D eigenvalue weighted by Crippen LogP contribution is 2.19. The molecule has 0 fully saturated rings. The molecule has 128 valence electrons. The summed E-state index contributed by atoms with van der Waals surface area (Å²) in [6.45, 7) is -0.496. The molecule has 1 amide bonds. The predicted molar refractivity (Wildman–Crippen MR) is 89.0 cm³/mol. The molecule has 2 aromatic rings. The fraction of sp³-hybridized carbons (Fsp3) is 0.278. The molecule has 2 N–H and O–H groups in total. The summed E-state index contributed by atoms with van der Waals surface area (Å²) in [6.07, 6.45) is -0.642. The molecule has 0 atom stereocenters. The van der Waals surface area contributed by atoms with Crippen LogP contribution in [0.1, 0.15) is 5.56 Å². The number of carbonyl (C=O) groups is 1. The molecular formula is C18H21NO5. The minimum atomic E-state index is -0.740. The van der Waals surface area contributed by atoms with Crippen LogP contribution in [-0.2, 0) is 6.54 Å². The van der Waals surface area contributed by atoms with Crippen LogP contribution in [0.15, 0.2) is 54.6 Å². The van der Waals surface area contributed by atoms with Crippen LogP contribution < -0.4 is 9.47 Å². The van der Waals surface area contributed by atoms with E-state index < -0.39 is 12.1 Å². The van der Waals surface area contributed by atoms with Crippen LogP contribution in [0.3, 0.4) is 0 Å². The number of nitrogens with zero attached hydrogens (tertiary/aromatic N) is 1. The zero-order valence-electron chi connectivity index (χ0n) is 13.5. The van der Waals surface area contributed by atoms with E-state index in [1.165, 1.54) is 4.90 Å². The number of benzene rings is 2. The Bertz CT molecular complexity index is 626. The second kappa shape index (κ2) is 8.90. The van der Waals surface area contributed by atoms with E-state index in [0.29, 0.717) is 11.5 Å². The highest BCUT2D eigenvalue weighted by Gasteiger charge is 2.24. The summed E-state index contributed by atoms with van der Waals surface area (Å²) in [5.41, 5.74) is 0.871. The Labute approximate surface area is 140 Å². The number of hydrogen-bond acceptors (Lipinski definition) is 5. The molecule has 0 radical (unpaired) electrons. The van der Waals surface area contributed by atoms with Crippen LogP contribution in [0.2, 0.25) is 0 Å². The van der Waals surface area contributed by atoms with Crippen LogP contribution in [-0.4, -0.2) is 47.6 Å². The van der Waals surface area contributed by atoms with Crippen molar-refractivity contribution in [2.45, 2.75) is 12.6 Å². The van der Waals surface area contributed by atoms with Gasteiger partial charge in [-0.1, -0.05) is 30.3 Å². The minimum Gasteiger partial charge on any atom is -0.497 e. The van der Waals surface area contributed by atoms with E-state index in [2.05, 4.69) is 0 Å². The predicted octanol–water partition coefficient (Wildman–Crippen LogP) is 2.05. The molecule has 24 heavy (non-hydrogen) atoms. The summed E-state index contributed by atoms with van der Waals surface area (Å²) in [5.74, 6) is 1.01. The van der Waals surface area contributed by atoms with Crippen molar-refractivity contribution in [2.75, 3.05) is 20.3 Å². The lowest BCUT2D eigenvalue weighted by atomic mass is 10.2. The Morgan fingerprint density at radius 3 is 2.12 bits per heavy atom. The lowest BCUT2D eigenvalue weighted by molar-refractivity contribution is 0.0670. The zero-order valence-corrected chi connectivity index (χ0v) is 13.5. The first kappa shape index (κ1) is 17.8. The van der Waals surface area contributed by atoms with Gasteiger partial charge in [0.1, 0.15) is 11.5 Å². The summed E-state index contributed by atoms with van der Waals surface area (Å²) < 4.78 is 10.4. The summed E-state index contributed by atoms with van der Waals surface area (Å²) in [5, 5.41) is 18.9. The lowest BCUT2D eigenvalue weighted by Gasteiger charge is -2.28. The molecule has 0 unspecified atom stereocenters. The number of carbonyl (C=O) groups excluding carboxylic acids is 1. The highest BCUT2D eigenvalue weighted by molar-refractivity contribution is 5.71. The molecule has 0 aliphatic heterocycles. The third-order valence-corrected chi connectivity index (χ3v) is 3.56. The van der Waals surface area contributed by atoms with Crippen molar-refractivity contribution in [3.63, 3.8) is 0 Å². The Hall–Kier alpha value is -2.57. The van der Waals surface area contributed by atoms with Crippen LogP contribution in [0.4, 0.5) is 4.79 Å². The fourth-order valence-electron chi connectivity index (χ4n) is 2.18. The minimum absolute atomic E-state index is 0.224. The van der Waals surface area contributed by atoms with E-state index in [1.54, 1.807) is 31.4 Å². The summed E-state index contributed by atoms with van der Waals surface area (Å²) in [4.78, 5) is 13.8. The third kappa shape index (κ3) is 4.71. The second-order valence-corrected chi connectivity index (χ2v) is 5.18. The number of rotatable bonds is 7. The lowest BCUT2D eigenvalue weighted by Crippen LogP contribution is -2.45. The number of hydrogen-bond donors (Lipinski definition) is 2. The standard InChI is InChI=1S/C18H21NO5/c1-23-16-7-9-17(10-8-16)24-18(22)19(15(12-20)13-21)11-14-5-3-2-4-6-14/h2-10,15,20-21H,11-13H2,1H3. The van der Waals surface area contributed by atoms with E-state index in [9.17, 15) is 15.0 Å². The SMILES string of the molecule is COc1ccc(OC(=O)N(Cc2ccccc2)C(CO)CO)cc1. The van der Waals surface area contributed by atoms with E-state index in [1.807, 2.05) is 30.3 Å². The maximum Gasteiger partial charge on any atom is 0.415 e. The Balaban J connectivity index is 2.13. The van der Waals surface area contributed by atoms with E-state index in [-0.39, 0.29) is 19.8 Å². The fourth-order valence-corrected chi connectivity index (χ4v) is 2.18. The van der Waals surface area contributed by atoms with Crippen molar-refractivity contribution in [1.82, 2.24) is 4.90 Å². The Morgan fingerprint density at radius 1 is 1.00 bits per heavy atom. The molecule has 0 aliphatic carbocycles. The van der Waals surface area contributed by atoms with Crippen LogP contribution in [0.5, 0.6) is 11.5 Å². The average Bonchev–Trinajstić information content (AvgIpc) is 2.63. The number of amides is 1. The number of ether oxygens (including phenoxy) is 2. The van der Waals surface area contributed by atoms with Gasteiger partial charge in [-0.2, -0.15) is 0 Å².